The molecule has 0 saturated heterocycles. The molecule has 0 spiro atoms. The van der Waals surface area contributed by atoms with Crippen LogP contribution >= 0.6 is 22.9 Å². The molecule has 2 aromatic rings. The molecular formula is C10H5ClN4S. The van der Waals surface area contributed by atoms with Gasteiger partial charge in [0.2, 0.25) is 0 Å². The Kier molecular flexibility index (Phi) is 3.28. The van der Waals surface area contributed by atoms with Crippen LogP contribution < -0.4 is 0 Å². The van der Waals surface area contributed by atoms with Gasteiger partial charge >= 0.3 is 0 Å². The van der Waals surface area contributed by atoms with Crippen molar-refractivity contribution in [3.63, 3.8) is 0 Å². The van der Waals surface area contributed by atoms with Crippen molar-refractivity contribution >= 4 is 33.2 Å². The molecule has 0 N–H and O–H groups in total. The molecule has 0 radical (unpaired) electrons. The van der Waals surface area contributed by atoms with Crippen molar-refractivity contribution in [1.82, 2.24) is 4.98 Å². The normalized spacial score (nSPS) is 9.31. The lowest BCUT2D eigenvalue weighted by Crippen LogP contribution is -1.75. The van der Waals surface area contributed by atoms with E-state index >= 15 is 0 Å². The van der Waals surface area contributed by atoms with E-state index in [0.29, 0.717) is 4.47 Å². The molecule has 16 heavy (non-hydrogen) atoms. The molecule has 0 aliphatic carbocycles. The first-order chi connectivity index (χ1) is 7.79. The van der Waals surface area contributed by atoms with Gasteiger partial charge < -0.3 is 0 Å². The fourth-order valence-corrected chi connectivity index (χ4v) is 2.25. The maximum atomic E-state index is 8.08. The monoisotopic (exact) mass is 248 g/mol. The maximum absolute atomic E-state index is 8.08. The Morgan fingerprint density at radius 3 is 3.25 bits per heavy atom. The van der Waals surface area contributed by atoms with E-state index in [1.54, 1.807) is 0 Å². The number of hydrogen-bond donors (Lipinski definition) is 0. The number of fused-ring (bicyclic) bond motifs is 1. The summed E-state index contributed by atoms with van der Waals surface area (Å²) in [6.45, 7) is 0.179. The van der Waals surface area contributed by atoms with E-state index in [1.165, 1.54) is 11.3 Å². The van der Waals surface area contributed by atoms with Crippen LogP contribution in [0, 0.1) is 11.8 Å². The molecule has 78 valence electrons. The third kappa shape index (κ3) is 2.44. The number of halogens is 1. The number of benzene rings is 1. The molecule has 0 bridgehead atoms. The van der Waals surface area contributed by atoms with Gasteiger partial charge in [0.1, 0.15) is 0 Å². The fourth-order valence-electron chi connectivity index (χ4n) is 1.18. The quantitative estimate of drug-likeness (QED) is 0.329. The van der Waals surface area contributed by atoms with E-state index < -0.39 is 0 Å². The van der Waals surface area contributed by atoms with E-state index in [9.17, 15) is 0 Å². The second-order valence-electron chi connectivity index (χ2n) is 2.84. The van der Waals surface area contributed by atoms with Gasteiger partial charge in [0, 0.05) is 10.5 Å². The summed E-state index contributed by atoms with van der Waals surface area (Å²) in [5, 5.41) is 3.33. The average molecular weight is 249 g/mol. The van der Waals surface area contributed by atoms with E-state index in [2.05, 4.69) is 26.9 Å². The molecule has 0 amide bonds. The van der Waals surface area contributed by atoms with Gasteiger partial charge in [0.25, 0.3) is 0 Å². The summed E-state index contributed by atoms with van der Waals surface area (Å²) in [7, 11) is 0. The first-order valence-electron chi connectivity index (χ1n) is 4.35. The van der Waals surface area contributed by atoms with Gasteiger partial charge in [-0.05, 0) is 23.7 Å². The molecule has 0 fully saturated rings. The zero-order valence-corrected chi connectivity index (χ0v) is 9.59. The molecule has 0 saturated carbocycles. The summed E-state index contributed by atoms with van der Waals surface area (Å²) in [5.41, 5.74) is 9.81. The summed E-state index contributed by atoms with van der Waals surface area (Å²) in [6.07, 6.45) is 0. The molecular weight excluding hydrogens is 244 g/mol. The Bertz CT molecular complexity index is 631. The number of aromatic nitrogens is 1. The largest absolute Gasteiger partial charge is 0.225 e. The SMILES string of the molecule is [N-]=[N+]=NCC#Cc1ccc2nc(Cl)sc2c1. The number of hydrogen-bond acceptors (Lipinski definition) is 3. The molecule has 0 aliphatic heterocycles. The molecule has 0 atom stereocenters. The highest BCUT2D eigenvalue weighted by molar-refractivity contribution is 7.22. The summed E-state index contributed by atoms with van der Waals surface area (Å²) in [4.78, 5) is 6.75. The van der Waals surface area contributed by atoms with E-state index in [0.717, 1.165) is 15.8 Å². The molecule has 0 aliphatic rings. The Morgan fingerprint density at radius 2 is 2.44 bits per heavy atom. The zero-order valence-electron chi connectivity index (χ0n) is 8.01. The Labute approximate surface area is 101 Å². The molecule has 2 rings (SSSR count). The summed E-state index contributed by atoms with van der Waals surface area (Å²) in [6, 6.07) is 5.65. The van der Waals surface area contributed by atoms with Crippen LogP contribution in [0.3, 0.4) is 0 Å². The Hall–Kier alpha value is -1.73. The second kappa shape index (κ2) is 4.86. The van der Waals surface area contributed by atoms with Crippen molar-refractivity contribution < 1.29 is 0 Å². The third-order valence-electron chi connectivity index (χ3n) is 1.81. The van der Waals surface area contributed by atoms with Crippen molar-refractivity contribution in [2.45, 2.75) is 0 Å². The highest BCUT2D eigenvalue weighted by Crippen LogP contribution is 2.25. The van der Waals surface area contributed by atoms with Crippen LogP contribution in [0.2, 0.25) is 4.47 Å². The minimum Gasteiger partial charge on any atom is -0.225 e. The Morgan fingerprint density at radius 1 is 1.56 bits per heavy atom. The molecule has 1 aromatic carbocycles. The summed E-state index contributed by atoms with van der Waals surface area (Å²) in [5.74, 6) is 5.66. The maximum Gasteiger partial charge on any atom is 0.184 e. The van der Waals surface area contributed by atoms with E-state index in [-0.39, 0.29) is 6.54 Å². The first kappa shape index (κ1) is 10.8. The number of thiazole rings is 1. The highest BCUT2D eigenvalue weighted by Gasteiger charge is 2.00. The smallest absolute Gasteiger partial charge is 0.184 e. The van der Waals surface area contributed by atoms with Gasteiger partial charge in [-0.25, -0.2) is 4.98 Å². The summed E-state index contributed by atoms with van der Waals surface area (Å²) >= 11 is 7.21. The predicted molar refractivity (Wildman–Crippen MR) is 65.5 cm³/mol. The molecule has 6 heteroatoms. The van der Waals surface area contributed by atoms with Gasteiger partial charge in [0.05, 0.1) is 16.8 Å². The van der Waals surface area contributed by atoms with Crippen LogP contribution in [-0.4, -0.2) is 11.5 Å². The van der Waals surface area contributed by atoms with Gasteiger partial charge in [-0.2, -0.15) is 0 Å². The van der Waals surface area contributed by atoms with Gasteiger partial charge in [0.15, 0.2) is 4.47 Å². The lowest BCUT2D eigenvalue weighted by molar-refractivity contribution is 1.25. The van der Waals surface area contributed by atoms with Crippen molar-refractivity contribution in [3.05, 3.63) is 38.7 Å². The lowest BCUT2D eigenvalue weighted by Gasteiger charge is -1.89. The summed E-state index contributed by atoms with van der Waals surface area (Å²) < 4.78 is 1.52. The molecule has 1 heterocycles. The second-order valence-corrected chi connectivity index (χ2v) is 4.45. The van der Waals surface area contributed by atoms with Gasteiger partial charge in [-0.15, -0.1) is 11.3 Å². The minimum atomic E-state index is 0.179. The number of nitrogens with zero attached hydrogens (tertiary/aromatic N) is 4. The predicted octanol–water partition coefficient (Wildman–Crippen LogP) is 3.61. The van der Waals surface area contributed by atoms with Crippen LogP contribution in [0.25, 0.3) is 20.7 Å². The van der Waals surface area contributed by atoms with Crippen molar-refractivity contribution in [2.75, 3.05) is 6.54 Å². The standard InChI is InChI=1S/C10H5ClN4S/c11-10-14-8-4-3-7(6-9(8)16-10)2-1-5-13-15-12/h3-4,6H,5H2. The van der Waals surface area contributed by atoms with Crippen molar-refractivity contribution in [2.24, 2.45) is 5.11 Å². The van der Waals surface area contributed by atoms with E-state index in [1.807, 2.05) is 18.2 Å². The third-order valence-corrected chi connectivity index (χ3v) is 2.93. The minimum absolute atomic E-state index is 0.179. The fraction of sp³-hybridized carbons (Fsp3) is 0.100. The Balaban J connectivity index is 2.30. The number of rotatable bonds is 1. The van der Waals surface area contributed by atoms with Gasteiger partial charge in [-0.1, -0.05) is 28.6 Å². The molecule has 4 nitrogen and oxygen atoms in total. The average Bonchev–Trinajstić information content (AvgIpc) is 2.64. The van der Waals surface area contributed by atoms with Crippen LogP contribution in [0.1, 0.15) is 5.56 Å². The first-order valence-corrected chi connectivity index (χ1v) is 5.55. The van der Waals surface area contributed by atoms with Crippen molar-refractivity contribution in [3.8, 4) is 11.8 Å². The van der Waals surface area contributed by atoms with Crippen LogP contribution in [0.15, 0.2) is 23.3 Å². The number of azide groups is 1. The topological polar surface area (TPSA) is 61.7 Å². The highest BCUT2D eigenvalue weighted by atomic mass is 35.5. The lowest BCUT2D eigenvalue weighted by atomic mass is 10.2. The van der Waals surface area contributed by atoms with Crippen LogP contribution in [0.5, 0.6) is 0 Å². The van der Waals surface area contributed by atoms with Crippen molar-refractivity contribution in [1.29, 1.82) is 0 Å². The van der Waals surface area contributed by atoms with E-state index in [4.69, 9.17) is 17.1 Å². The van der Waals surface area contributed by atoms with Gasteiger partial charge in [-0.3, -0.25) is 0 Å². The molecule has 0 unspecified atom stereocenters. The van der Waals surface area contributed by atoms with Crippen LogP contribution in [-0.2, 0) is 0 Å². The molecule has 1 aromatic heterocycles. The van der Waals surface area contributed by atoms with Crippen LogP contribution in [0.4, 0.5) is 0 Å². The zero-order chi connectivity index (χ0) is 11.4.